The van der Waals surface area contributed by atoms with Crippen LogP contribution in [0, 0.1) is 26.7 Å². The van der Waals surface area contributed by atoms with Crippen molar-refractivity contribution in [1.82, 2.24) is 19.7 Å². The zero-order valence-corrected chi connectivity index (χ0v) is 38.3. The van der Waals surface area contributed by atoms with Crippen LogP contribution in [-0.2, 0) is 12.8 Å². The molecule has 65 heavy (non-hydrogen) atoms. The summed E-state index contributed by atoms with van der Waals surface area (Å²) in [5.74, 6) is 3.75. The molecule has 11 heteroatoms. The zero-order valence-electron chi connectivity index (χ0n) is 37.5. The average Bonchev–Trinajstić information content (AvgIpc) is 4.04. The molecule has 4 aliphatic rings. The molecule has 11 rings (SSSR count). The number of piperidine rings is 2. The number of oxazole rings is 1. The average molecular weight is 884 g/mol. The second-order valence-corrected chi connectivity index (χ2v) is 20.1. The number of hydrogen-bond acceptors (Lipinski definition) is 10. The first-order valence-corrected chi connectivity index (χ1v) is 24.3. The Balaban J connectivity index is 0.729. The van der Waals surface area contributed by atoms with E-state index < -0.39 is 5.60 Å². The minimum atomic E-state index is -0.627. The predicted molar refractivity (Wildman–Crippen MR) is 258 cm³/mol. The van der Waals surface area contributed by atoms with Crippen LogP contribution in [0.3, 0.4) is 0 Å². The summed E-state index contributed by atoms with van der Waals surface area (Å²) in [4.78, 5) is 16.1. The molecule has 3 aliphatic heterocycles. The summed E-state index contributed by atoms with van der Waals surface area (Å²) in [5.41, 5.74) is 11.5. The molecule has 1 aliphatic carbocycles. The van der Waals surface area contributed by atoms with E-state index in [0.717, 1.165) is 105 Å². The van der Waals surface area contributed by atoms with E-state index in [2.05, 4.69) is 128 Å². The molecule has 3 atom stereocenters. The van der Waals surface area contributed by atoms with Crippen LogP contribution in [0.2, 0.25) is 0 Å². The number of aromatic hydroxyl groups is 1. The molecule has 0 unspecified atom stereocenters. The highest BCUT2D eigenvalue weighted by atomic mass is 32.1. The van der Waals surface area contributed by atoms with E-state index in [1.165, 1.54) is 44.1 Å². The summed E-state index contributed by atoms with van der Waals surface area (Å²) in [6.07, 6.45) is 10.4. The topological polar surface area (TPSA) is 116 Å². The molecular formula is C54H57N7O3S. The number of rotatable bonds is 9. The fraction of sp³-hybridized carbons (Fsp3) is 0.370. The molecule has 10 nitrogen and oxygen atoms in total. The lowest BCUT2D eigenvalue weighted by Gasteiger charge is -2.43. The van der Waals surface area contributed by atoms with Gasteiger partial charge in [0.15, 0.2) is 11.7 Å². The summed E-state index contributed by atoms with van der Waals surface area (Å²) in [7, 11) is 0. The van der Waals surface area contributed by atoms with E-state index in [1.807, 2.05) is 19.1 Å². The van der Waals surface area contributed by atoms with E-state index in [4.69, 9.17) is 9.41 Å². The summed E-state index contributed by atoms with van der Waals surface area (Å²) in [6, 6.07) is 34.7. The Morgan fingerprint density at radius 2 is 1.52 bits per heavy atom. The molecule has 0 amide bonds. The van der Waals surface area contributed by atoms with E-state index in [9.17, 15) is 10.2 Å². The van der Waals surface area contributed by atoms with Crippen molar-refractivity contribution in [2.45, 2.75) is 95.6 Å². The highest BCUT2D eigenvalue weighted by molar-refractivity contribution is 7.15. The van der Waals surface area contributed by atoms with Crippen LogP contribution in [0.5, 0.6) is 5.75 Å². The molecule has 0 radical (unpaired) electrons. The molecule has 6 heterocycles. The number of aliphatic imine (C=N–C) groups is 1. The van der Waals surface area contributed by atoms with Gasteiger partial charge >= 0.3 is 0 Å². The third kappa shape index (κ3) is 7.96. The van der Waals surface area contributed by atoms with E-state index in [1.54, 1.807) is 23.8 Å². The van der Waals surface area contributed by atoms with Gasteiger partial charge in [-0.1, -0.05) is 60.7 Å². The van der Waals surface area contributed by atoms with Crippen molar-refractivity contribution in [2.24, 2.45) is 10.9 Å². The molecule has 4 aromatic carbocycles. The SMILES string of the molecule is Cc1sc2c(c1C)C(c1ccc(N3CCC(CC4(O)CCN(c5ccc([C@@H]6c7ccc(O)cc7CC[C@@H]6c6ccccc6)cc5)CC4)CC3)cc1)=N[C@H](Cc1ncco1)c1nnc(C)n1-2. The van der Waals surface area contributed by atoms with Gasteiger partial charge in [-0.2, -0.15) is 0 Å². The van der Waals surface area contributed by atoms with Crippen LogP contribution < -0.4 is 9.80 Å². The van der Waals surface area contributed by atoms with Gasteiger partial charge in [-0.15, -0.1) is 21.5 Å². The van der Waals surface area contributed by atoms with Crippen molar-refractivity contribution in [3.05, 3.63) is 171 Å². The number of fused-ring (bicyclic) bond motifs is 4. The van der Waals surface area contributed by atoms with Crippen LogP contribution in [0.4, 0.5) is 11.4 Å². The Morgan fingerprint density at radius 1 is 0.800 bits per heavy atom. The Labute approximate surface area is 385 Å². The van der Waals surface area contributed by atoms with Gasteiger partial charge < -0.3 is 24.4 Å². The van der Waals surface area contributed by atoms with E-state index in [0.29, 0.717) is 29.9 Å². The fourth-order valence-electron chi connectivity index (χ4n) is 11.4. The van der Waals surface area contributed by atoms with Gasteiger partial charge in [0.05, 0.1) is 23.9 Å². The van der Waals surface area contributed by atoms with E-state index in [-0.39, 0.29) is 12.0 Å². The molecule has 0 saturated carbocycles. The molecule has 2 fully saturated rings. The van der Waals surface area contributed by atoms with Crippen molar-refractivity contribution >= 4 is 28.4 Å². The summed E-state index contributed by atoms with van der Waals surface area (Å²) in [6.45, 7) is 10.1. The summed E-state index contributed by atoms with van der Waals surface area (Å²) < 4.78 is 7.86. The number of aryl methyl sites for hydroxylation is 3. The number of hydrogen-bond donors (Lipinski definition) is 2. The lowest BCUT2D eigenvalue weighted by molar-refractivity contribution is -0.00952. The normalized spacial score (nSPS) is 20.7. The molecule has 7 aromatic rings. The van der Waals surface area contributed by atoms with E-state index >= 15 is 0 Å². The summed E-state index contributed by atoms with van der Waals surface area (Å²) in [5, 5.41) is 32.5. The Hall–Kier alpha value is -6.04. The number of phenolic OH excluding ortho intramolecular Hbond substituents is 1. The Kier molecular flexibility index (Phi) is 10.9. The minimum absolute atomic E-state index is 0.234. The monoisotopic (exact) mass is 883 g/mol. The Morgan fingerprint density at radius 3 is 2.25 bits per heavy atom. The van der Waals surface area contributed by atoms with Gasteiger partial charge in [0.25, 0.3) is 0 Å². The number of anilines is 2. The largest absolute Gasteiger partial charge is 0.508 e. The number of aliphatic hydroxyl groups is 1. The van der Waals surface area contributed by atoms with Gasteiger partial charge in [0.2, 0.25) is 0 Å². The Bertz CT molecular complexity index is 2820. The molecular weight excluding hydrogens is 827 g/mol. The van der Waals surface area contributed by atoms with Crippen molar-refractivity contribution in [1.29, 1.82) is 0 Å². The predicted octanol–water partition coefficient (Wildman–Crippen LogP) is 10.6. The second kappa shape index (κ2) is 17.1. The number of nitrogens with zero attached hydrogens (tertiary/aromatic N) is 7. The number of aromatic nitrogens is 4. The van der Waals surface area contributed by atoms with Gasteiger partial charge in [0.1, 0.15) is 28.9 Å². The third-order valence-corrected chi connectivity index (χ3v) is 16.2. The molecule has 332 valence electrons. The molecule has 0 bridgehead atoms. The molecule has 3 aromatic heterocycles. The van der Waals surface area contributed by atoms with Crippen molar-refractivity contribution in [3.8, 4) is 10.8 Å². The number of phenols is 1. The highest BCUT2D eigenvalue weighted by Gasteiger charge is 2.37. The van der Waals surface area contributed by atoms with Crippen LogP contribution >= 0.6 is 11.3 Å². The first-order chi connectivity index (χ1) is 31.7. The van der Waals surface area contributed by atoms with Gasteiger partial charge in [-0.25, -0.2) is 4.98 Å². The minimum Gasteiger partial charge on any atom is -0.508 e. The zero-order chi connectivity index (χ0) is 44.2. The van der Waals surface area contributed by atoms with Gasteiger partial charge in [0, 0.05) is 59.5 Å². The maximum Gasteiger partial charge on any atom is 0.196 e. The molecule has 0 spiro atoms. The number of benzene rings is 4. The lowest BCUT2D eigenvalue weighted by Crippen LogP contribution is -2.46. The fourth-order valence-corrected chi connectivity index (χ4v) is 12.6. The van der Waals surface area contributed by atoms with Gasteiger partial charge in [-0.3, -0.25) is 9.56 Å². The maximum absolute atomic E-state index is 12.0. The van der Waals surface area contributed by atoms with Crippen LogP contribution in [-0.4, -0.2) is 67.5 Å². The standard InChI is InChI=1S/C54H57N7O3S/c1-34-35(2)65-53-49(34)51(56-47(32-48-55-25-30-64-48)52-58-57-36(3)61(52)53)40-11-16-42(17-12-40)59-26-21-37(22-27-59)33-54(63)23-28-60(29-24-54)43-14-9-39(10-15-43)50-45(38-7-5-4-6-8-38)19-13-41-31-44(62)18-20-46(41)50/h4-12,14-18,20,25,30-31,37,45,47,50,62-63H,13,19,21-24,26-29,32-33H2,1-3H3/t45-,47-,50+/m1/s1. The number of thiophene rings is 1. The molecule has 2 saturated heterocycles. The van der Waals surface area contributed by atoms with Crippen molar-refractivity contribution in [2.75, 3.05) is 36.0 Å². The van der Waals surface area contributed by atoms with Crippen LogP contribution in [0.25, 0.3) is 5.00 Å². The summed E-state index contributed by atoms with van der Waals surface area (Å²) >= 11 is 1.77. The van der Waals surface area contributed by atoms with Crippen LogP contribution in [0.1, 0.15) is 118 Å². The van der Waals surface area contributed by atoms with Gasteiger partial charge in [-0.05, 0) is 142 Å². The smallest absolute Gasteiger partial charge is 0.196 e. The maximum atomic E-state index is 12.0. The van der Waals surface area contributed by atoms with Crippen molar-refractivity contribution in [3.63, 3.8) is 0 Å². The quantitative estimate of drug-likeness (QED) is 0.147. The lowest BCUT2D eigenvalue weighted by atomic mass is 9.69. The molecule has 2 N–H and O–H groups in total. The third-order valence-electron chi connectivity index (χ3n) is 15.0. The second-order valence-electron chi connectivity index (χ2n) is 18.9. The van der Waals surface area contributed by atoms with Crippen molar-refractivity contribution < 1.29 is 14.6 Å². The van der Waals surface area contributed by atoms with Crippen LogP contribution in [0.15, 0.2) is 119 Å². The first kappa shape index (κ1) is 41.7. The highest BCUT2D eigenvalue weighted by Crippen LogP contribution is 2.48. The first-order valence-electron chi connectivity index (χ1n) is 23.5.